The maximum atomic E-state index is 13.1. The predicted molar refractivity (Wildman–Crippen MR) is 120 cm³/mol. The molecule has 1 saturated heterocycles. The molecule has 1 N–H and O–H groups in total. The van der Waals surface area contributed by atoms with Crippen molar-refractivity contribution in [2.75, 3.05) is 31.6 Å². The second-order valence-corrected chi connectivity index (χ2v) is 8.76. The van der Waals surface area contributed by atoms with Gasteiger partial charge in [-0.25, -0.2) is 9.97 Å². The van der Waals surface area contributed by atoms with Crippen molar-refractivity contribution < 1.29 is 9.90 Å². The van der Waals surface area contributed by atoms with Gasteiger partial charge in [0.05, 0.1) is 29.4 Å². The number of aromatic nitrogens is 4. The number of carbonyl (C=O) groups excluding carboxylic acids is 1. The number of hydrogen-bond donors (Lipinski definition) is 1. The van der Waals surface area contributed by atoms with Crippen LogP contribution < -0.4 is 4.90 Å². The van der Waals surface area contributed by atoms with Gasteiger partial charge in [0.2, 0.25) is 5.91 Å². The van der Waals surface area contributed by atoms with Crippen LogP contribution in [-0.2, 0) is 11.3 Å². The molecule has 0 aliphatic carbocycles. The maximum Gasteiger partial charge on any atom is 0.242 e. The van der Waals surface area contributed by atoms with Crippen molar-refractivity contribution in [1.82, 2.24) is 24.4 Å². The molecule has 1 unspecified atom stereocenters. The molecule has 164 valence electrons. The molecule has 1 aliphatic rings. The molecule has 4 rings (SSSR count). The Kier molecular flexibility index (Phi) is 5.91. The van der Waals surface area contributed by atoms with Gasteiger partial charge in [-0.05, 0) is 25.0 Å². The number of carbonyl (C=O) groups is 1. The highest BCUT2D eigenvalue weighted by atomic mass is 16.3. The monoisotopic (exact) mass is 422 g/mol. The van der Waals surface area contributed by atoms with Crippen LogP contribution in [-0.4, -0.2) is 67.7 Å². The number of anilines is 1. The molecule has 31 heavy (non-hydrogen) atoms. The highest BCUT2D eigenvalue weighted by molar-refractivity contribution is 5.81. The molecule has 3 aromatic rings. The minimum Gasteiger partial charge on any atom is -0.386 e. The second-order valence-electron chi connectivity index (χ2n) is 8.76. The van der Waals surface area contributed by atoms with Crippen LogP contribution in [0.2, 0.25) is 0 Å². The Bertz CT molecular complexity index is 1050. The molecule has 0 bridgehead atoms. The molecular formula is C23H30N6O2. The van der Waals surface area contributed by atoms with E-state index in [9.17, 15) is 9.90 Å². The molecule has 3 heterocycles. The van der Waals surface area contributed by atoms with E-state index < -0.39 is 5.60 Å². The van der Waals surface area contributed by atoms with Crippen molar-refractivity contribution >= 4 is 22.8 Å². The van der Waals surface area contributed by atoms with Crippen LogP contribution in [0.25, 0.3) is 11.0 Å². The lowest BCUT2D eigenvalue weighted by atomic mass is 9.92. The Morgan fingerprint density at radius 1 is 1.29 bits per heavy atom. The summed E-state index contributed by atoms with van der Waals surface area (Å²) in [4.78, 5) is 30.0. The number of β-amino-alcohol motifs (C(OH)–C–C–N with tert-alkyl or cyclic N) is 1. The predicted octanol–water partition coefficient (Wildman–Crippen LogP) is 2.44. The van der Waals surface area contributed by atoms with Gasteiger partial charge in [-0.3, -0.25) is 9.78 Å². The molecule has 8 nitrogen and oxygen atoms in total. The van der Waals surface area contributed by atoms with Gasteiger partial charge in [-0.15, -0.1) is 0 Å². The van der Waals surface area contributed by atoms with Crippen LogP contribution in [0.3, 0.4) is 0 Å². The van der Waals surface area contributed by atoms with E-state index in [1.54, 1.807) is 30.5 Å². The number of benzene rings is 1. The van der Waals surface area contributed by atoms with Gasteiger partial charge < -0.3 is 19.5 Å². The van der Waals surface area contributed by atoms with Crippen LogP contribution in [0.5, 0.6) is 0 Å². The second kappa shape index (κ2) is 8.63. The van der Waals surface area contributed by atoms with Gasteiger partial charge in [-0.2, -0.15) is 0 Å². The normalized spacial score (nSPS) is 19.2. The Morgan fingerprint density at radius 2 is 2.10 bits per heavy atom. The molecule has 2 aromatic heterocycles. The molecular weight excluding hydrogens is 392 g/mol. The van der Waals surface area contributed by atoms with Crippen LogP contribution in [0, 0.1) is 0 Å². The molecule has 1 aliphatic heterocycles. The molecule has 1 amide bonds. The number of para-hydroxylation sites is 2. The first kappa shape index (κ1) is 21.2. The van der Waals surface area contributed by atoms with E-state index in [-0.39, 0.29) is 24.9 Å². The summed E-state index contributed by atoms with van der Waals surface area (Å²) in [6.07, 6.45) is 6.47. The van der Waals surface area contributed by atoms with Crippen molar-refractivity contribution in [2.24, 2.45) is 0 Å². The van der Waals surface area contributed by atoms with E-state index in [0.717, 1.165) is 35.6 Å². The van der Waals surface area contributed by atoms with E-state index in [1.807, 2.05) is 33.7 Å². The zero-order valence-electron chi connectivity index (χ0n) is 18.4. The van der Waals surface area contributed by atoms with Crippen molar-refractivity contribution in [3.05, 3.63) is 48.7 Å². The van der Waals surface area contributed by atoms with Crippen LogP contribution >= 0.6 is 0 Å². The first-order valence-electron chi connectivity index (χ1n) is 10.8. The Labute approximate surface area is 182 Å². The number of piperidine rings is 1. The number of likely N-dealkylation sites (N-methyl/N-ethyl adjacent to an activating group) is 1. The van der Waals surface area contributed by atoms with Gasteiger partial charge in [-0.1, -0.05) is 26.0 Å². The Hall–Kier alpha value is -3.00. The lowest BCUT2D eigenvalue weighted by Crippen LogP contribution is -2.55. The summed E-state index contributed by atoms with van der Waals surface area (Å²) in [6, 6.07) is 7.89. The van der Waals surface area contributed by atoms with E-state index in [4.69, 9.17) is 4.98 Å². The van der Waals surface area contributed by atoms with Crippen molar-refractivity contribution in [1.29, 1.82) is 0 Å². The number of hydrogen-bond acceptors (Lipinski definition) is 6. The number of imidazole rings is 1. The van der Waals surface area contributed by atoms with E-state index in [0.29, 0.717) is 13.0 Å². The van der Waals surface area contributed by atoms with E-state index >= 15 is 0 Å². The fraction of sp³-hybridized carbons (Fsp3) is 0.478. The van der Waals surface area contributed by atoms with Crippen molar-refractivity contribution in [3.8, 4) is 0 Å². The molecule has 1 aromatic carbocycles. The van der Waals surface area contributed by atoms with Gasteiger partial charge in [0.15, 0.2) is 0 Å². The van der Waals surface area contributed by atoms with E-state index in [1.165, 1.54) is 0 Å². The third-order valence-corrected chi connectivity index (χ3v) is 5.88. The molecule has 1 fully saturated rings. The van der Waals surface area contributed by atoms with Crippen LogP contribution in [0.4, 0.5) is 5.82 Å². The van der Waals surface area contributed by atoms with Crippen molar-refractivity contribution in [2.45, 2.75) is 44.8 Å². The summed E-state index contributed by atoms with van der Waals surface area (Å²) in [6.45, 7) is 5.88. The number of nitrogens with zero attached hydrogens (tertiary/aromatic N) is 6. The van der Waals surface area contributed by atoms with Crippen LogP contribution in [0.1, 0.15) is 38.4 Å². The number of amides is 1. The fourth-order valence-corrected chi connectivity index (χ4v) is 4.38. The zero-order chi connectivity index (χ0) is 22.0. The standard InChI is InChI=1S/C23H30N6O2/c1-17(2)22-26-18-7-4-5-8-19(18)29(22)14-21(30)27(3)15-23(31)9-6-12-28(16-23)20-13-24-10-11-25-20/h4-5,7-8,10-11,13,17,31H,6,9,12,14-16H2,1-3H3. The van der Waals surface area contributed by atoms with Crippen molar-refractivity contribution in [3.63, 3.8) is 0 Å². The lowest BCUT2D eigenvalue weighted by molar-refractivity contribution is -0.134. The van der Waals surface area contributed by atoms with Crippen LogP contribution in [0.15, 0.2) is 42.9 Å². The smallest absolute Gasteiger partial charge is 0.242 e. The first-order chi connectivity index (χ1) is 14.9. The van der Waals surface area contributed by atoms with Gasteiger partial charge in [0.1, 0.15) is 18.2 Å². The molecule has 0 spiro atoms. The minimum atomic E-state index is -0.988. The minimum absolute atomic E-state index is 0.0462. The van der Waals surface area contributed by atoms with Gasteiger partial charge >= 0.3 is 0 Å². The number of rotatable bonds is 6. The first-order valence-corrected chi connectivity index (χ1v) is 10.8. The highest BCUT2D eigenvalue weighted by Crippen LogP contribution is 2.26. The summed E-state index contributed by atoms with van der Waals surface area (Å²) in [5, 5.41) is 11.3. The summed E-state index contributed by atoms with van der Waals surface area (Å²) >= 11 is 0. The van der Waals surface area contributed by atoms with Gasteiger partial charge in [0.25, 0.3) is 0 Å². The number of aliphatic hydroxyl groups is 1. The molecule has 8 heteroatoms. The molecule has 1 atom stereocenters. The summed E-state index contributed by atoms with van der Waals surface area (Å²) < 4.78 is 2.00. The Morgan fingerprint density at radius 3 is 2.84 bits per heavy atom. The average Bonchev–Trinajstić information content (AvgIpc) is 3.13. The zero-order valence-corrected chi connectivity index (χ0v) is 18.4. The largest absolute Gasteiger partial charge is 0.386 e. The molecule has 0 radical (unpaired) electrons. The fourth-order valence-electron chi connectivity index (χ4n) is 4.38. The summed E-state index contributed by atoms with van der Waals surface area (Å²) in [5.74, 6) is 1.80. The lowest BCUT2D eigenvalue weighted by Gasteiger charge is -2.41. The average molecular weight is 423 g/mol. The number of fused-ring (bicyclic) bond motifs is 1. The maximum absolute atomic E-state index is 13.1. The topological polar surface area (TPSA) is 87.4 Å². The van der Waals surface area contributed by atoms with Gasteiger partial charge in [0, 0.05) is 38.4 Å². The Balaban J connectivity index is 1.48. The quantitative estimate of drug-likeness (QED) is 0.657. The highest BCUT2D eigenvalue weighted by Gasteiger charge is 2.36. The molecule has 0 saturated carbocycles. The third-order valence-electron chi connectivity index (χ3n) is 5.88. The third kappa shape index (κ3) is 4.54. The van der Waals surface area contributed by atoms with E-state index in [2.05, 4.69) is 23.8 Å². The summed E-state index contributed by atoms with van der Waals surface area (Å²) in [7, 11) is 1.76. The SMILES string of the molecule is CC(C)c1nc2ccccc2n1CC(=O)N(C)CC1(O)CCCN(c2cnccn2)C1. The summed E-state index contributed by atoms with van der Waals surface area (Å²) in [5.41, 5.74) is 0.864.